The first-order valence-corrected chi connectivity index (χ1v) is 11.1. The molecule has 3 aromatic rings. The molecule has 0 saturated carbocycles. The van der Waals surface area contributed by atoms with Gasteiger partial charge in [-0.1, -0.05) is 29.8 Å². The van der Waals surface area contributed by atoms with Crippen molar-refractivity contribution < 1.29 is 23.1 Å². The van der Waals surface area contributed by atoms with Crippen LogP contribution in [0.1, 0.15) is 41.7 Å². The van der Waals surface area contributed by atoms with E-state index in [0.29, 0.717) is 29.2 Å². The van der Waals surface area contributed by atoms with Crippen LogP contribution >= 0.6 is 11.6 Å². The lowest BCUT2D eigenvalue weighted by atomic mass is 9.99. The number of halogens is 4. The summed E-state index contributed by atoms with van der Waals surface area (Å²) in [6, 6.07) is 13.1. The number of aliphatic hydroxyl groups excluding tert-OH is 1. The first-order valence-electron chi connectivity index (χ1n) is 10.7. The molecular weight excluding hydrogens is 455 g/mol. The van der Waals surface area contributed by atoms with Crippen LogP contribution in [0, 0.1) is 0 Å². The third-order valence-corrected chi connectivity index (χ3v) is 6.64. The molecule has 9 heteroatoms. The van der Waals surface area contributed by atoms with E-state index in [9.17, 15) is 23.1 Å². The third kappa shape index (κ3) is 4.13. The quantitative estimate of drug-likeness (QED) is 0.556. The second kappa shape index (κ2) is 8.18. The zero-order chi connectivity index (χ0) is 23.3. The van der Waals surface area contributed by atoms with Gasteiger partial charge >= 0.3 is 6.18 Å². The number of amides is 1. The highest BCUT2D eigenvalue weighted by Crippen LogP contribution is 2.38. The molecule has 2 aliphatic rings. The molecule has 5 rings (SSSR count). The highest BCUT2D eigenvalue weighted by Gasteiger charge is 2.43. The third-order valence-electron chi connectivity index (χ3n) is 6.41. The number of piperidine rings is 1. The van der Waals surface area contributed by atoms with Crippen LogP contribution in [-0.2, 0) is 6.18 Å². The number of carbonyl (C=O) groups is 1. The minimum absolute atomic E-state index is 0.0559. The largest absolute Gasteiger partial charge is 0.416 e. The van der Waals surface area contributed by atoms with Crippen LogP contribution in [-0.4, -0.2) is 43.9 Å². The SMILES string of the molecule is O=C(c1cc(-c2cccc(C(F)(F)F)c2)n(-c2cccc(Cl)c2)n1)N1[C@@H]2CC[C@H]1CC(O)C2. The van der Waals surface area contributed by atoms with Crippen molar-refractivity contribution in [2.75, 3.05) is 0 Å². The Kier molecular flexibility index (Phi) is 5.45. The summed E-state index contributed by atoms with van der Waals surface area (Å²) in [7, 11) is 0. The minimum atomic E-state index is -4.50. The van der Waals surface area contributed by atoms with Crippen LogP contribution in [0.3, 0.4) is 0 Å². The second-order valence-electron chi connectivity index (χ2n) is 8.61. The molecule has 1 amide bonds. The van der Waals surface area contributed by atoms with Gasteiger partial charge in [0.25, 0.3) is 5.91 Å². The normalized spacial score (nSPS) is 22.6. The summed E-state index contributed by atoms with van der Waals surface area (Å²) in [4.78, 5) is 15.2. The fourth-order valence-corrected chi connectivity index (χ4v) is 5.15. The van der Waals surface area contributed by atoms with Crippen molar-refractivity contribution in [3.05, 3.63) is 70.9 Å². The number of benzene rings is 2. The number of hydrogen-bond acceptors (Lipinski definition) is 3. The van der Waals surface area contributed by atoms with E-state index in [1.165, 1.54) is 16.8 Å². The molecular formula is C24H21ClF3N3O2. The van der Waals surface area contributed by atoms with E-state index in [1.54, 1.807) is 35.2 Å². The lowest BCUT2D eigenvalue weighted by molar-refractivity contribution is -0.137. The number of aliphatic hydroxyl groups is 1. The number of alkyl halides is 3. The molecule has 1 unspecified atom stereocenters. The molecule has 2 saturated heterocycles. The summed E-state index contributed by atoms with van der Waals surface area (Å²) in [5, 5.41) is 15.0. The molecule has 33 heavy (non-hydrogen) atoms. The second-order valence-corrected chi connectivity index (χ2v) is 9.04. The smallest absolute Gasteiger partial charge is 0.393 e. The van der Waals surface area contributed by atoms with E-state index >= 15 is 0 Å². The van der Waals surface area contributed by atoms with Gasteiger partial charge in [0.1, 0.15) is 0 Å². The molecule has 1 aromatic heterocycles. The number of rotatable bonds is 3. The van der Waals surface area contributed by atoms with Crippen LogP contribution in [0.2, 0.25) is 5.02 Å². The molecule has 0 spiro atoms. The summed E-state index contributed by atoms with van der Waals surface area (Å²) in [5.41, 5.74) is 0.543. The number of aromatic nitrogens is 2. The Morgan fingerprint density at radius 1 is 1.03 bits per heavy atom. The Morgan fingerprint density at radius 2 is 1.73 bits per heavy atom. The molecule has 0 aliphatic carbocycles. The van der Waals surface area contributed by atoms with Crippen LogP contribution < -0.4 is 0 Å². The van der Waals surface area contributed by atoms with Crippen molar-refractivity contribution in [3.8, 4) is 16.9 Å². The van der Waals surface area contributed by atoms with E-state index in [4.69, 9.17) is 11.6 Å². The van der Waals surface area contributed by atoms with E-state index in [2.05, 4.69) is 5.10 Å². The molecule has 2 fully saturated rings. The van der Waals surface area contributed by atoms with Crippen LogP contribution in [0.5, 0.6) is 0 Å². The minimum Gasteiger partial charge on any atom is -0.393 e. The van der Waals surface area contributed by atoms with E-state index in [1.807, 2.05) is 0 Å². The van der Waals surface area contributed by atoms with Crippen molar-refractivity contribution in [3.63, 3.8) is 0 Å². The highest BCUT2D eigenvalue weighted by molar-refractivity contribution is 6.30. The Labute approximate surface area is 193 Å². The Bertz CT molecular complexity index is 1200. The van der Waals surface area contributed by atoms with Crippen molar-refractivity contribution in [1.29, 1.82) is 0 Å². The number of fused-ring (bicyclic) bond motifs is 2. The molecule has 5 nitrogen and oxygen atoms in total. The van der Waals surface area contributed by atoms with Gasteiger partial charge in [0.05, 0.1) is 23.0 Å². The van der Waals surface area contributed by atoms with Gasteiger partial charge in [-0.2, -0.15) is 18.3 Å². The summed E-state index contributed by atoms with van der Waals surface area (Å²) >= 11 is 6.14. The molecule has 3 atom stereocenters. The van der Waals surface area contributed by atoms with Crippen LogP contribution in [0.4, 0.5) is 13.2 Å². The number of hydrogen-bond donors (Lipinski definition) is 1. The first-order chi connectivity index (χ1) is 15.7. The molecule has 2 aliphatic heterocycles. The molecule has 3 heterocycles. The van der Waals surface area contributed by atoms with Gasteiger partial charge in [0.2, 0.25) is 0 Å². The van der Waals surface area contributed by atoms with Gasteiger partial charge < -0.3 is 10.0 Å². The zero-order valence-electron chi connectivity index (χ0n) is 17.5. The van der Waals surface area contributed by atoms with Gasteiger partial charge in [-0.25, -0.2) is 4.68 Å². The van der Waals surface area contributed by atoms with Gasteiger partial charge in [-0.3, -0.25) is 4.79 Å². The predicted molar refractivity (Wildman–Crippen MR) is 117 cm³/mol. The number of carbonyl (C=O) groups excluding carboxylic acids is 1. The van der Waals surface area contributed by atoms with Crippen LogP contribution in [0.25, 0.3) is 16.9 Å². The fraction of sp³-hybridized carbons (Fsp3) is 0.333. The lowest BCUT2D eigenvalue weighted by Gasteiger charge is -2.36. The van der Waals surface area contributed by atoms with Crippen molar-refractivity contribution in [2.45, 2.75) is 50.0 Å². The maximum Gasteiger partial charge on any atom is 0.416 e. The first kappa shape index (κ1) is 22.0. The van der Waals surface area contributed by atoms with Gasteiger partial charge in [0.15, 0.2) is 5.69 Å². The van der Waals surface area contributed by atoms with Gasteiger partial charge in [-0.05, 0) is 62.1 Å². The summed E-state index contributed by atoms with van der Waals surface area (Å²) in [6.45, 7) is 0. The average Bonchev–Trinajstić information content (AvgIpc) is 3.33. The highest BCUT2D eigenvalue weighted by atomic mass is 35.5. The van der Waals surface area contributed by atoms with Crippen LogP contribution in [0.15, 0.2) is 54.6 Å². The average molecular weight is 476 g/mol. The van der Waals surface area contributed by atoms with Crippen molar-refractivity contribution in [2.24, 2.45) is 0 Å². The van der Waals surface area contributed by atoms with Gasteiger partial charge in [0, 0.05) is 22.7 Å². The molecule has 0 radical (unpaired) electrons. The summed E-state index contributed by atoms with van der Waals surface area (Å²) < 4.78 is 41.5. The monoisotopic (exact) mass is 475 g/mol. The van der Waals surface area contributed by atoms with Crippen molar-refractivity contribution >= 4 is 17.5 Å². The van der Waals surface area contributed by atoms with E-state index in [-0.39, 0.29) is 29.2 Å². The molecule has 2 bridgehead atoms. The predicted octanol–water partition coefficient (Wildman–Crippen LogP) is 5.34. The fourth-order valence-electron chi connectivity index (χ4n) is 4.96. The lowest BCUT2D eigenvalue weighted by Crippen LogP contribution is -2.48. The maximum absolute atomic E-state index is 13.5. The van der Waals surface area contributed by atoms with E-state index in [0.717, 1.165) is 25.0 Å². The Hall–Kier alpha value is -2.84. The topological polar surface area (TPSA) is 58.4 Å². The number of nitrogens with zero attached hydrogens (tertiary/aromatic N) is 3. The van der Waals surface area contributed by atoms with Crippen molar-refractivity contribution in [1.82, 2.24) is 14.7 Å². The Balaban J connectivity index is 1.60. The summed E-state index contributed by atoms with van der Waals surface area (Å²) in [5.74, 6) is -0.275. The Morgan fingerprint density at radius 3 is 2.39 bits per heavy atom. The van der Waals surface area contributed by atoms with E-state index < -0.39 is 17.8 Å². The summed E-state index contributed by atoms with van der Waals surface area (Å²) in [6.07, 6.45) is -2.22. The van der Waals surface area contributed by atoms with Gasteiger partial charge in [-0.15, -0.1) is 0 Å². The molecule has 1 N–H and O–H groups in total. The molecule has 172 valence electrons. The standard InChI is InChI=1S/C24H21ClF3N3O2/c25-16-5-2-6-19(10-16)31-22(14-3-1-4-15(9-14)24(26,27)28)13-21(29-31)23(33)30-17-7-8-18(30)12-20(32)11-17/h1-6,9-10,13,17-18,20,32H,7-8,11-12H2/t17-,18+,20?. The molecule has 2 aromatic carbocycles. The maximum atomic E-state index is 13.5. The zero-order valence-corrected chi connectivity index (χ0v) is 18.2.